The largest absolute Gasteiger partial charge is 0.616 e. The first kappa shape index (κ1) is 13.3. The smallest absolute Gasteiger partial charge is 0.123 e. The normalized spacial score (nSPS) is 18.2. The van der Waals surface area contributed by atoms with E-state index in [4.69, 9.17) is 0 Å². The summed E-state index contributed by atoms with van der Waals surface area (Å²) < 4.78 is 11.5. The van der Waals surface area contributed by atoms with Crippen LogP contribution in [0, 0.1) is 0 Å². The van der Waals surface area contributed by atoms with Gasteiger partial charge in [-0.3, -0.25) is 0 Å². The molecule has 0 aliphatic rings. The highest BCUT2D eigenvalue weighted by molar-refractivity contribution is 7.91. The van der Waals surface area contributed by atoms with E-state index in [-0.39, 0.29) is 5.54 Å². The van der Waals surface area contributed by atoms with E-state index < -0.39 is 11.2 Å². The highest BCUT2D eigenvalue weighted by atomic mass is 32.2. The predicted octanol–water partition coefficient (Wildman–Crippen LogP) is 1.92. The van der Waals surface area contributed by atoms with Crippen molar-refractivity contribution in [2.24, 2.45) is 0 Å². The Kier molecular flexibility index (Phi) is 6.82. The van der Waals surface area contributed by atoms with Crippen molar-refractivity contribution in [3.63, 3.8) is 0 Å². The average Bonchev–Trinajstić information content (AvgIpc) is 2.17. The van der Waals surface area contributed by atoms with E-state index in [0.717, 1.165) is 30.8 Å². The molecule has 2 unspecified atom stereocenters. The molecular weight excluding hydrogens is 182 g/mol. The lowest BCUT2D eigenvalue weighted by Crippen LogP contribution is -2.48. The molecule has 0 aromatic carbocycles. The van der Waals surface area contributed by atoms with Crippen molar-refractivity contribution in [2.75, 3.05) is 18.6 Å². The zero-order valence-corrected chi connectivity index (χ0v) is 10.2. The van der Waals surface area contributed by atoms with Gasteiger partial charge in [-0.25, -0.2) is 0 Å². The Morgan fingerprint density at radius 3 is 2.23 bits per heavy atom. The molecule has 0 radical (unpaired) electrons. The van der Waals surface area contributed by atoms with E-state index in [1.165, 1.54) is 0 Å². The zero-order chi connectivity index (χ0) is 10.3. The van der Waals surface area contributed by atoms with Gasteiger partial charge in [-0.15, -0.1) is 0 Å². The lowest BCUT2D eigenvalue weighted by atomic mass is 9.93. The van der Waals surface area contributed by atoms with Crippen LogP contribution in [0.3, 0.4) is 0 Å². The Balaban J connectivity index is 4.19. The van der Waals surface area contributed by atoms with Crippen LogP contribution in [0.5, 0.6) is 0 Å². The minimum atomic E-state index is -0.660. The van der Waals surface area contributed by atoms with Crippen molar-refractivity contribution >= 4 is 11.2 Å². The molecule has 0 heterocycles. The molecule has 0 saturated heterocycles. The second-order valence-electron chi connectivity index (χ2n) is 3.51. The van der Waals surface area contributed by atoms with E-state index in [0.29, 0.717) is 0 Å². The van der Waals surface area contributed by atoms with E-state index in [1.807, 2.05) is 14.0 Å². The summed E-state index contributed by atoms with van der Waals surface area (Å²) >= 11 is -0.660. The van der Waals surface area contributed by atoms with Gasteiger partial charge in [-0.05, 0) is 26.8 Å². The molecule has 0 aliphatic heterocycles. The van der Waals surface area contributed by atoms with Crippen LogP contribution in [0.25, 0.3) is 0 Å². The summed E-state index contributed by atoms with van der Waals surface area (Å²) in [6.07, 6.45) is 3.32. The maximum absolute atomic E-state index is 11.5. The van der Waals surface area contributed by atoms with Crippen molar-refractivity contribution in [1.29, 1.82) is 0 Å². The summed E-state index contributed by atoms with van der Waals surface area (Å²) in [6, 6.07) is 0. The number of rotatable bonds is 7. The number of hydrogen-bond donors (Lipinski definition) is 1. The first-order chi connectivity index (χ1) is 6.14. The molecule has 0 aromatic heterocycles. The maximum atomic E-state index is 11.5. The van der Waals surface area contributed by atoms with Crippen molar-refractivity contribution in [2.45, 2.75) is 45.6 Å². The number of hydrogen-bond acceptors (Lipinski definition) is 2. The standard InChI is InChI=1S/C10H23NOS/c1-5-8-10(6-2,11-4)9-13(12)7-3/h11H,5-9H2,1-4H3. The van der Waals surface area contributed by atoms with E-state index in [1.54, 1.807) is 0 Å². The number of nitrogens with one attached hydrogen (secondary N) is 1. The monoisotopic (exact) mass is 205 g/mol. The molecule has 0 rings (SSSR count). The second-order valence-corrected chi connectivity index (χ2v) is 5.25. The van der Waals surface area contributed by atoms with Crippen molar-refractivity contribution in [3.8, 4) is 0 Å². The first-order valence-corrected chi connectivity index (χ1v) is 6.66. The van der Waals surface area contributed by atoms with Crippen LogP contribution < -0.4 is 5.32 Å². The molecule has 0 fully saturated rings. The highest BCUT2D eigenvalue weighted by Gasteiger charge is 2.30. The van der Waals surface area contributed by atoms with Gasteiger partial charge in [-0.2, -0.15) is 0 Å². The van der Waals surface area contributed by atoms with Gasteiger partial charge in [-0.1, -0.05) is 31.4 Å². The maximum Gasteiger partial charge on any atom is 0.123 e. The minimum Gasteiger partial charge on any atom is -0.616 e. The fourth-order valence-corrected chi connectivity index (χ4v) is 2.93. The van der Waals surface area contributed by atoms with E-state index in [9.17, 15) is 4.55 Å². The van der Waals surface area contributed by atoms with Crippen molar-refractivity contribution in [1.82, 2.24) is 5.32 Å². The van der Waals surface area contributed by atoms with Gasteiger partial charge in [0.05, 0.1) is 5.54 Å². The summed E-state index contributed by atoms with van der Waals surface area (Å²) in [4.78, 5) is 0. The van der Waals surface area contributed by atoms with E-state index >= 15 is 0 Å². The second kappa shape index (κ2) is 6.68. The zero-order valence-electron chi connectivity index (χ0n) is 9.35. The summed E-state index contributed by atoms with van der Waals surface area (Å²) in [5, 5.41) is 3.34. The van der Waals surface area contributed by atoms with Gasteiger partial charge in [0, 0.05) is 0 Å². The molecule has 0 bridgehead atoms. The molecule has 3 heteroatoms. The minimum absolute atomic E-state index is 0.107. The summed E-state index contributed by atoms with van der Waals surface area (Å²) in [6.45, 7) is 6.33. The van der Waals surface area contributed by atoms with Crippen molar-refractivity contribution < 1.29 is 4.55 Å². The van der Waals surface area contributed by atoms with Gasteiger partial charge < -0.3 is 9.87 Å². The molecule has 0 amide bonds. The quantitative estimate of drug-likeness (QED) is 0.645. The van der Waals surface area contributed by atoms with Crippen LogP contribution in [0.15, 0.2) is 0 Å². The Bertz CT molecular complexity index is 126. The summed E-state index contributed by atoms with van der Waals surface area (Å²) in [5.74, 6) is 1.57. The van der Waals surface area contributed by atoms with Crippen LogP contribution in [-0.4, -0.2) is 28.6 Å². The summed E-state index contributed by atoms with van der Waals surface area (Å²) in [7, 11) is 1.98. The molecular formula is C10H23NOS. The van der Waals surface area contributed by atoms with Gasteiger partial charge in [0.1, 0.15) is 11.5 Å². The third kappa shape index (κ3) is 4.34. The molecule has 13 heavy (non-hydrogen) atoms. The topological polar surface area (TPSA) is 35.1 Å². The third-order valence-electron chi connectivity index (χ3n) is 2.69. The van der Waals surface area contributed by atoms with Crippen molar-refractivity contribution in [3.05, 3.63) is 0 Å². The van der Waals surface area contributed by atoms with Gasteiger partial charge in [0.25, 0.3) is 0 Å². The molecule has 2 nitrogen and oxygen atoms in total. The third-order valence-corrected chi connectivity index (χ3v) is 4.21. The summed E-state index contributed by atoms with van der Waals surface area (Å²) in [5.41, 5.74) is 0.107. The molecule has 80 valence electrons. The lowest BCUT2D eigenvalue weighted by molar-refractivity contribution is 0.343. The van der Waals surface area contributed by atoms with Crippen LogP contribution in [0.1, 0.15) is 40.0 Å². The Morgan fingerprint density at radius 2 is 1.92 bits per heavy atom. The fourth-order valence-electron chi connectivity index (χ4n) is 1.61. The Hall–Kier alpha value is 0.270. The molecule has 0 spiro atoms. The predicted molar refractivity (Wildman–Crippen MR) is 60.5 cm³/mol. The highest BCUT2D eigenvalue weighted by Crippen LogP contribution is 2.19. The van der Waals surface area contributed by atoms with Crippen LogP contribution in [-0.2, 0) is 11.2 Å². The SMILES string of the molecule is CCCC(CC)(C[S+]([O-])CC)NC. The molecule has 1 N–H and O–H groups in total. The van der Waals surface area contributed by atoms with E-state index in [2.05, 4.69) is 19.2 Å². The molecule has 0 aromatic rings. The van der Waals surface area contributed by atoms with Gasteiger partial charge in [0.2, 0.25) is 0 Å². The van der Waals surface area contributed by atoms with Crippen LogP contribution in [0.4, 0.5) is 0 Å². The average molecular weight is 205 g/mol. The lowest BCUT2D eigenvalue weighted by Gasteiger charge is -2.32. The molecule has 0 aliphatic carbocycles. The van der Waals surface area contributed by atoms with Gasteiger partial charge >= 0.3 is 0 Å². The van der Waals surface area contributed by atoms with Crippen LogP contribution in [0.2, 0.25) is 0 Å². The molecule has 2 atom stereocenters. The fraction of sp³-hybridized carbons (Fsp3) is 1.00. The van der Waals surface area contributed by atoms with Gasteiger partial charge in [0.15, 0.2) is 0 Å². The molecule has 0 saturated carbocycles. The van der Waals surface area contributed by atoms with Crippen LogP contribution >= 0.6 is 0 Å². The Morgan fingerprint density at radius 1 is 1.31 bits per heavy atom. The Labute approximate surface area is 85.7 Å². The first-order valence-electron chi connectivity index (χ1n) is 5.18.